The number of alkyl halides is 2. The summed E-state index contributed by atoms with van der Waals surface area (Å²) in [5, 5.41) is 0. The first kappa shape index (κ1) is 11.4. The molecule has 2 N–H and O–H groups in total. The van der Waals surface area contributed by atoms with E-state index in [9.17, 15) is 13.6 Å². The van der Waals surface area contributed by atoms with Crippen LogP contribution < -0.4 is 5.73 Å². The number of aromatic nitrogens is 1. The molecule has 6 heteroatoms. The minimum Gasteiger partial charge on any atom is -0.469 e. The number of carbonyl (C=O) groups is 1. The molecule has 0 aromatic carbocycles. The third kappa shape index (κ3) is 2.87. The van der Waals surface area contributed by atoms with Crippen molar-refractivity contribution in [3.63, 3.8) is 0 Å². The Balaban J connectivity index is 2.88. The van der Waals surface area contributed by atoms with E-state index in [1.165, 1.54) is 7.11 Å². The smallest absolute Gasteiger partial charge is 0.311 e. The number of nitrogens with two attached hydrogens (primary N) is 1. The van der Waals surface area contributed by atoms with Gasteiger partial charge in [-0.15, -0.1) is 0 Å². The molecule has 1 heterocycles. The lowest BCUT2D eigenvalue weighted by molar-refractivity contribution is -0.139. The molecule has 0 aliphatic carbocycles. The van der Waals surface area contributed by atoms with E-state index in [0.29, 0.717) is 0 Å². The lowest BCUT2D eigenvalue weighted by atomic mass is 10.2. The quantitative estimate of drug-likeness (QED) is 0.774. The molecule has 0 unspecified atom stereocenters. The molecule has 1 aromatic heterocycles. The molecule has 15 heavy (non-hydrogen) atoms. The summed E-state index contributed by atoms with van der Waals surface area (Å²) in [6.07, 6.45) is -1.74. The van der Waals surface area contributed by atoms with Crippen molar-refractivity contribution >= 4 is 11.7 Å². The number of rotatable bonds is 3. The molecule has 0 radical (unpaired) electrons. The van der Waals surface area contributed by atoms with Crippen molar-refractivity contribution in [1.29, 1.82) is 0 Å². The van der Waals surface area contributed by atoms with Crippen molar-refractivity contribution < 1.29 is 18.3 Å². The van der Waals surface area contributed by atoms with E-state index in [1.807, 2.05) is 0 Å². The summed E-state index contributed by atoms with van der Waals surface area (Å²) in [7, 11) is 1.23. The van der Waals surface area contributed by atoms with Crippen molar-refractivity contribution in [3.05, 3.63) is 23.5 Å². The fourth-order valence-electron chi connectivity index (χ4n) is 1.00. The molecule has 0 aliphatic rings. The van der Waals surface area contributed by atoms with Gasteiger partial charge in [-0.2, -0.15) is 0 Å². The van der Waals surface area contributed by atoms with E-state index < -0.39 is 12.4 Å². The zero-order chi connectivity index (χ0) is 11.4. The number of carbonyl (C=O) groups excluding carboxylic acids is 1. The Kier molecular flexibility index (Phi) is 3.54. The Morgan fingerprint density at radius 2 is 2.33 bits per heavy atom. The number of hydrogen-bond donors (Lipinski definition) is 1. The summed E-state index contributed by atoms with van der Waals surface area (Å²) < 4.78 is 28.8. The van der Waals surface area contributed by atoms with Gasteiger partial charge in [-0.05, 0) is 6.07 Å². The second-order valence-corrected chi connectivity index (χ2v) is 2.86. The summed E-state index contributed by atoms with van der Waals surface area (Å²) in [6.45, 7) is 0. The number of pyridine rings is 1. The highest BCUT2D eigenvalue weighted by Crippen LogP contribution is 2.21. The SMILES string of the molecule is COC(=O)Cc1ncc(C(F)F)cc1N. The average Bonchev–Trinajstić information content (AvgIpc) is 2.20. The monoisotopic (exact) mass is 216 g/mol. The van der Waals surface area contributed by atoms with Crippen molar-refractivity contribution in [3.8, 4) is 0 Å². The van der Waals surface area contributed by atoms with Crippen LogP contribution in [0.25, 0.3) is 0 Å². The lowest BCUT2D eigenvalue weighted by Gasteiger charge is -2.05. The van der Waals surface area contributed by atoms with E-state index in [4.69, 9.17) is 5.73 Å². The molecule has 0 saturated carbocycles. The van der Waals surface area contributed by atoms with Crippen molar-refractivity contribution in [2.24, 2.45) is 0 Å². The van der Waals surface area contributed by atoms with Crippen LogP contribution in [0.2, 0.25) is 0 Å². The molecule has 0 aliphatic heterocycles. The number of anilines is 1. The van der Waals surface area contributed by atoms with Crippen molar-refractivity contribution in [2.45, 2.75) is 12.8 Å². The van der Waals surface area contributed by atoms with E-state index in [-0.39, 0.29) is 23.4 Å². The summed E-state index contributed by atoms with van der Waals surface area (Å²) in [5.41, 5.74) is 5.51. The van der Waals surface area contributed by atoms with E-state index in [0.717, 1.165) is 12.3 Å². The Hall–Kier alpha value is -1.72. The van der Waals surface area contributed by atoms with Crippen LogP contribution in [0.15, 0.2) is 12.3 Å². The predicted molar refractivity (Wildman–Crippen MR) is 49.3 cm³/mol. The van der Waals surface area contributed by atoms with Gasteiger partial charge in [-0.1, -0.05) is 0 Å². The third-order valence-electron chi connectivity index (χ3n) is 1.82. The normalized spacial score (nSPS) is 10.4. The summed E-state index contributed by atoms with van der Waals surface area (Å²) in [6, 6.07) is 1.11. The molecular formula is C9H10F2N2O2. The molecule has 0 bridgehead atoms. The van der Waals surface area contributed by atoms with Gasteiger partial charge in [0, 0.05) is 11.8 Å². The van der Waals surface area contributed by atoms with Gasteiger partial charge in [-0.3, -0.25) is 9.78 Å². The Morgan fingerprint density at radius 1 is 1.67 bits per heavy atom. The van der Waals surface area contributed by atoms with Crippen LogP contribution in [0.3, 0.4) is 0 Å². The molecule has 0 saturated heterocycles. The van der Waals surface area contributed by atoms with Crippen LogP contribution in [0.4, 0.5) is 14.5 Å². The van der Waals surface area contributed by atoms with E-state index >= 15 is 0 Å². The van der Waals surface area contributed by atoms with Crippen molar-refractivity contribution in [1.82, 2.24) is 4.98 Å². The van der Waals surface area contributed by atoms with Crippen LogP contribution in [-0.2, 0) is 16.0 Å². The van der Waals surface area contributed by atoms with Gasteiger partial charge in [0.25, 0.3) is 6.43 Å². The van der Waals surface area contributed by atoms with Crippen LogP contribution >= 0.6 is 0 Å². The first-order chi connectivity index (χ1) is 7.04. The molecule has 1 aromatic rings. The zero-order valence-electron chi connectivity index (χ0n) is 8.04. The fraction of sp³-hybridized carbons (Fsp3) is 0.333. The Bertz CT molecular complexity index is 369. The number of halogens is 2. The van der Waals surface area contributed by atoms with Gasteiger partial charge in [0.2, 0.25) is 0 Å². The second kappa shape index (κ2) is 4.68. The van der Waals surface area contributed by atoms with Gasteiger partial charge in [0.15, 0.2) is 0 Å². The number of nitrogens with zero attached hydrogens (tertiary/aromatic N) is 1. The highest BCUT2D eigenvalue weighted by atomic mass is 19.3. The molecule has 0 amide bonds. The van der Waals surface area contributed by atoms with Crippen LogP contribution in [0, 0.1) is 0 Å². The summed E-state index contributed by atoms with van der Waals surface area (Å²) in [4.78, 5) is 14.6. The first-order valence-electron chi connectivity index (χ1n) is 4.14. The van der Waals surface area contributed by atoms with Gasteiger partial charge >= 0.3 is 5.97 Å². The maximum atomic E-state index is 12.2. The summed E-state index contributed by atoms with van der Waals surface area (Å²) >= 11 is 0. The Morgan fingerprint density at radius 3 is 2.80 bits per heavy atom. The van der Waals surface area contributed by atoms with Gasteiger partial charge in [-0.25, -0.2) is 8.78 Å². The number of ether oxygens (including phenoxy) is 1. The Labute approximate surface area is 85.1 Å². The molecule has 82 valence electrons. The maximum absolute atomic E-state index is 12.2. The molecule has 0 fully saturated rings. The molecular weight excluding hydrogens is 206 g/mol. The highest BCUT2D eigenvalue weighted by Gasteiger charge is 2.12. The lowest BCUT2D eigenvalue weighted by Crippen LogP contribution is -2.09. The first-order valence-corrected chi connectivity index (χ1v) is 4.14. The van der Waals surface area contributed by atoms with E-state index in [1.54, 1.807) is 0 Å². The number of esters is 1. The topological polar surface area (TPSA) is 65.2 Å². The minimum atomic E-state index is -2.62. The fourth-order valence-corrected chi connectivity index (χ4v) is 1.00. The number of methoxy groups -OCH3 is 1. The van der Waals surface area contributed by atoms with E-state index in [2.05, 4.69) is 9.72 Å². The minimum absolute atomic E-state index is 0.0678. The highest BCUT2D eigenvalue weighted by molar-refractivity contribution is 5.73. The number of hydrogen-bond acceptors (Lipinski definition) is 4. The molecule has 0 spiro atoms. The van der Waals surface area contributed by atoms with Gasteiger partial charge in [0.1, 0.15) is 0 Å². The van der Waals surface area contributed by atoms with Crippen LogP contribution in [0.1, 0.15) is 17.7 Å². The third-order valence-corrected chi connectivity index (χ3v) is 1.82. The van der Waals surface area contributed by atoms with Crippen LogP contribution in [-0.4, -0.2) is 18.1 Å². The number of nitrogen functional groups attached to an aromatic ring is 1. The zero-order valence-corrected chi connectivity index (χ0v) is 8.04. The standard InChI is InChI=1S/C9H10F2N2O2/c1-15-8(14)3-7-6(12)2-5(4-13-7)9(10)11/h2,4,9H,3,12H2,1H3. The predicted octanol–water partition coefficient (Wildman–Crippen LogP) is 1.32. The van der Waals surface area contributed by atoms with Crippen LogP contribution in [0.5, 0.6) is 0 Å². The second-order valence-electron chi connectivity index (χ2n) is 2.86. The van der Waals surface area contributed by atoms with Gasteiger partial charge in [0.05, 0.1) is 24.9 Å². The molecule has 1 rings (SSSR count). The molecule has 0 atom stereocenters. The summed E-state index contributed by atoms with van der Waals surface area (Å²) in [5.74, 6) is -0.515. The maximum Gasteiger partial charge on any atom is 0.311 e. The average molecular weight is 216 g/mol. The molecule has 4 nitrogen and oxygen atoms in total. The largest absolute Gasteiger partial charge is 0.469 e. The van der Waals surface area contributed by atoms with Gasteiger partial charge < -0.3 is 10.5 Å². The van der Waals surface area contributed by atoms with Crippen molar-refractivity contribution in [2.75, 3.05) is 12.8 Å².